The number of ketones is 1. The van der Waals surface area contributed by atoms with Crippen LogP contribution < -0.4 is 0 Å². The van der Waals surface area contributed by atoms with E-state index in [1.54, 1.807) is 0 Å². The van der Waals surface area contributed by atoms with Crippen molar-refractivity contribution in [3.05, 3.63) is 35.4 Å². The van der Waals surface area contributed by atoms with Crippen molar-refractivity contribution >= 4 is 17.7 Å². The van der Waals surface area contributed by atoms with Crippen molar-refractivity contribution in [1.29, 1.82) is 0 Å². The Balaban J connectivity index is 2.27. The van der Waals surface area contributed by atoms with E-state index in [0.717, 1.165) is 17.5 Å². The first kappa shape index (κ1) is 15.2. The summed E-state index contributed by atoms with van der Waals surface area (Å²) in [4.78, 5) is 34.5. The van der Waals surface area contributed by atoms with Gasteiger partial charge in [0.05, 0.1) is 5.92 Å². The Labute approximate surface area is 123 Å². The Kier molecular flexibility index (Phi) is 4.73. The molecule has 0 amide bonds. The predicted octanol–water partition coefficient (Wildman–Crippen LogP) is 1.78. The van der Waals surface area contributed by atoms with Gasteiger partial charge in [0.1, 0.15) is 6.10 Å². The molecule has 5 nitrogen and oxygen atoms in total. The van der Waals surface area contributed by atoms with E-state index in [-0.39, 0.29) is 12.4 Å². The van der Waals surface area contributed by atoms with Crippen LogP contribution in [0, 0.1) is 0 Å². The van der Waals surface area contributed by atoms with E-state index in [4.69, 9.17) is 9.47 Å². The van der Waals surface area contributed by atoms with Crippen LogP contribution in [-0.4, -0.2) is 30.4 Å². The maximum absolute atomic E-state index is 12.4. The molecule has 0 radical (unpaired) electrons. The molecule has 0 saturated carbocycles. The molecular weight excluding hydrogens is 272 g/mol. The van der Waals surface area contributed by atoms with Gasteiger partial charge in [-0.3, -0.25) is 14.4 Å². The quantitative estimate of drug-likeness (QED) is 0.791. The normalized spacial score (nSPS) is 20.3. The van der Waals surface area contributed by atoms with Crippen LogP contribution in [0.3, 0.4) is 0 Å². The van der Waals surface area contributed by atoms with E-state index < -0.39 is 24.0 Å². The number of benzene rings is 1. The summed E-state index contributed by atoms with van der Waals surface area (Å²) in [6, 6.07) is 7.59. The molecule has 1 aliphatic rings. The second-order valence-corrected chi connectivity index (χ2v) is 5.11. The third-order valence-electron chi connectivity index (χ3n) is 3.54. The Morgan fingerprint density at radius 1 is 1.14 bits per heavy atom. The molecular formula is C16H18O5. The van der Waals surface area contributed by atoms with Gasteiger partial charge < -0.3 is 9.47 Å². The molecule has 0 bridgehead atoms. The SMILES string of the molecule is CC(=O)OCC(=O)C1c2ccccc2CCC1OC(C)=O. The van der Waals surface area contributed by atoms with Crippen LogP contribution in [-0.2, 0) is 30.3 Å². The van der Waals surface area contributed by atoms with Gasteiger partial charge >= 0.3 is 11.9 Å². The molecule has 0 heterocycles. The molecule has 0 N–H and O–H groups in total. The van der Waals surface area contributed by atoms with Crippen molar-refractivity contribution in [2.75, 3.05) is 6.61 Å². The van der Waals surface area contributed by atoms with E-state index in [9.17, 15) is 14.4 Å². The van der Waals surface area contributed by atoms with Gasteiger partial charge in [-0.25, -0.2) is 0 Å². The maximum Gasteiger partial charge on any atom is 0.303 e. The summed E-state index contributed by atoms with van der Waals surface area (Å²) in [5.41, 5.74) is 1.93. The lowest BCUT2D eigenvalue weighted by molar-refractivity contribution is -0.153. The highest BCUT2D eigenvalue weighted by molar-refractivity contribution is 5.89. The first-order valence-electron chi connectivity index (χ1n) is 6.90. The van der Waals surface area contributed by atoms with Crippen LogP contribution in [0.2, 0.25) is 0 Å². The third-order valence-corrected chi connectivity index (χ3v) is 3.54. The van der Waals surface area contributed by atoms with Crippen molar-refractivity contribution in [3.8, 4) is 0 Å². The summed E-state index contributed by atoms with van der Waals surface area (Å²) >= 11 is 0. The number of aryl methyl sites for hydroxylation is 1. The van der Waals surface area contributed by atoms with E-state index in [1.165, 1.54) is 13.8 Å². The number of carbonyl (C=O) groups excluding carboxylic acids is 3. The van der Waals surface area contributed by atoms with Crippen LogP contribution in [0.5, 0.6) is 0 Å². The lowest BCUT2D eigenvalue weighted by Gasteiger charge is -2.31. The van der Waals surface area contributed by atoms with E-state index in [0.29, 0.717) is 6.42 Å². The summed E-state index contributed by atoms with van der Waals surface area (Å²) in [6.45, 7) is 2.28. The van der Waals surface area contributed by atoms with Gasteiger partial charge in [-0.05, 0) is 24.0 Å². The smallest absolute Gasteiger partial charge is 0.303 e. The third kappa shape index (κ3) is 3.68. The highest BCUT2D eigenvalue weighted by atomic mass is 16.5. The van der Waals surface area contributed by atoms with Gasteiger partial charge in [0, 0.05) is 13.8 Å². The van der Waals surface area contributed by atoms with Crippen LogP contribution in [0.25, 0.3) is 0 Å². The molecule has 1 aliphatic carbocycles. The fourth-order valence-electron chi connectivity index (χ4n) is 2.71. The zero-order valence-electron chi connectivity index (χ0n) is 12.1. The van der Waals surface area contributed by atoms with Crippen molar-refractivity contribution in [1.82, 2.24) is 0 Å². The average Bonchev–Trinajstić information content (AvgIpc) is 2.44. The van der Waals surface area contributed by atoms with Gasteiger partial charge in [-0.1, -0.05) is 24.3 Å². The zero-order chi connectivity index (χ0) is 15.4. The number of carbonyl (C=O) groups is 3. The average molecular weight is 290 g/mol. The van der Waals surface area contributed by atoms with Crippen molar-refractivity contribution in [2.45, 2.75) is 38.7 Å². The van der Waals surface area contributed by atoms with Gasteiger partial charge in [-0.15, -0.1) is 0 Å². The highest BCUT2D eigenvalue weighted by Crippen LogP contribution is 2.34. The van der Waals surface area contributed by atoms with Crippen LogP contribution in [0.4, 0.5) is 0 Å². The molecule has 2 rings (SSSR count). The minimum atomic E-state index is -0.571. The second-order valence-electron chi connectivity index (χ2n) is 5.11. The molecule has 21 heavy (non-hydrogen) atoms. The lowest BCUT2D eigenvalue weighted by Crippen LogP contribution is -2.36. The van der Waals surface area contributed by atoms with Crippen LogP contribution in [0.15, 0.2) is 24.3 Å². The monoisotopic (exact) mass is 290 g/mol. The molecule has 0 aromatic heterocycles. The Hall–Kier alpha value is -2.17. The Morgan fingerprint density at radius 3 is 2.52 bits per heavy atom. The van der Waals surface area contributed by atoms with Gasteiger partial charge in [0.25, 0.3) is 0 Å². The number of fused-ring (bicyclic) bond motifs is 1. The predicted molar refractivity (Wildman–Crippen MR) is 74.7 cm³/mol. The fourth-order valence-corrected chi connectivity index (χ4v) is 2.71. The fraction of sp³-hybridized carbons (Fsp3) is 0.438. The highest BCUT2D eigenvalue weighted by Gasteiger charge is 2.36. The number of Topliss-reactive ketones (excluding diaryl/α,β-unsaturated/α-hetero) is 1. The summed E-state index contributed by atoms with van der Waals surface area (Å²) in [5, 5.41) is 0. The van der Waals surface area contributed by atoms with Gasteiger partial charge in [0.2, 0.25) is 0 Å². The minimum absolute atomic E-state index is 0.247. The summed E-state index contributed by atoms with van der Waals surface area (Å²) < 4.78 is 10.1. The summed E-state index contributed by atoms with van der Waals surface area (Å²) in [7, 11) is 0. The molecule has 112 valence electrons. The molecule has 0 saturated heterocycles. The van der Waals surface area contributed by atoms with Crippen LogP contribution >= 0.6 is 0 Å². The Morgan fingerprint density at radius 2 is 1.86 bits per heavy atom. The van der Waals surface area contributed by atoms with Crippen molar-refractivity contribution in [3.63, 3.8) is 0 Å². The topological polar surface area (TPSA) is 69.7 Å². The number of hydrogen-bond acceptors (Lipinski definition) is 5. The van der Waals surface area contributed by atoms with Crippen LogP contribution in [0.1, 0.15) is 37.3 Å². The number of rotatable bonds is 4. The van der Waals surface area contributed by atoms with Gasteiger partial charge in [-0.2, -0.15) is 0 Å². The Bertz CT molecular complexity index is 564. The van der Waals surface area contributed by atoms with Crippen molar-refractivity contribution < 1.29 is 23.9 Å². The molecule has 5 heteroatoms. The molecule has 1 aromatic carbocycles. The van der Waals surface area contributed by atoms with E-state index >= 15 is 0 Å². The minimum Gasteiger partial charge on any atom is -0.461 e. The molecule has 2 atom stereocenters. The summed E-state index contributed by atoms with van der Waals surface area (Å²) in [5.74, 6) is -1.73. The van der Waals surface area contributed by atoms with Crippen molar-refractivity contribution in [2.24, 2.45) is 0 Å². The second kappa shape index (κ2) is 6.52. The molecule has 1 aromatic rings. The largest absolute Gasteiger partial charge is 0.461 e. The van der Waals surface area contributed by atoms with E-state index in [1.807, 2.05) is 24.3 Å². The van der Waals surface area contributed by atoms with Gasteiger partial charge in [0.15, 0.2) is 12.4 Å². The molecule has 0 spiro atoms. The number of esters is 2. The summed E-state index contributed by atoms with van der Waals surface area (Å²) in [6.07, 6.45) is 0.846. The molecule has 0 fully saturated rings. The number of hydrogen-bond donors (Lipinski definition) is 0. The standard InChI is InChI=1S/C16H18O5/c1-10(17)20-9-14(19)16-13-6-4-3-5-12(13)7-8-15(16)21-11(2)18/h3-6,15-16H,7-9H2,1-2H3. The maximum atomic E-state index is 12.4. The number of ether oxygens (including phenoxy) is 2. The first-order valence-corrected chi connectivity index (χ1v) is 6.90. The zero-order valence-corrected chi connectivity index (χ0v) is 12.1. The molecule has 2 unspecified atom stereocenters. The first-order chi connectivity index (χ1) is 9.99. The molecule has 0 aliphatic heterocycles. The van der Waals surface area contributed by atoms with E-state index in [2.05, 4.69) is 0 Å². The lowest BCUT2D eigenvalue weighted by atomic mass is 9.78.